The normalized spacial score (nSPS) is 53.7. The van der Waals surface area contributed by atoms with Crippen LogP contribution in [0.3, 0.4) is 0 Å². The Morgan fingerprint density at radius 2 is 1.64 bits per heavy atom. The summed E-state index contributed by atoms with van der Waals surface area (Å²) >= 11 is 0. The molecular weight excluding hydrogens is 496 g/mol. The third kappa shape index (κ3) is 3.35. The molecule has 1 spiro atoms. The Labute approximate surface area is 233 Å². The summed E-state index contributed by atoms with van der Waals surface area (Å²) in [5.41, 5.74) is -3.84. The van der Waals surface area contributed by atoms with Gasteiger partial charge in [-0.05, 0) is 73.8 Å². The molecule has 0 aromatic rings. The average molecular weight is 547 g/mol. The summed E-state index contributed by atoms with van der Waals surface area (Å²) in [6, 6.07) is 0. The van der Waals surface area contributed by atoms with Gasteiger partial charge in [0.1, 0.15) is 6.10 Å². The quantitative estimate of drug-likeness (QED) is 0.368. The molecule has 4 saturated carbocycles. The Bertz CT molecular complexity index is 1060. The van der Waals surface area contributed by atoms with Crippen molar-refractivity contribution in [3.8, 4) is 0 Å². The number of aliphatic hydroxyl groups is 5. The van der Waals surface area contributed by atoms with Crippen LogP contribution >= 0.6 is 0 Å². The molecule has 5 N–H and O–H groups in total. The highest BCUT2D eigenvalue weighted by atomic mass is 16.5. The van der Waals surface area contributed by atoms with Crippen molar-refractivity contribution in [1.82, 2.24) is 0 Å². The van der Waals surface area contributed by atoms with Crippen molar-refractivity contribution in [2.45, 2.75) is 135 Å². The van der Waals surface area contributed by atoms with E-state index in [1.165, 1.54) is 0 Å². The number of hydrogen-bond donors (Lipinski definition) is 5. The number of hydrogen-bond acceptors (Lipinski definition) is 7. The molecule has 39 heavy (non-hydrogen) atoms. The fourth-order valence-corrected chi connectivity index (χ4v) is 11.4. The molecule has 1 saturated heterocycles. The fraction of sp³-hybridized carbons (Fsp3) is 0.906. The van der Waals surface area contributed by atoms with Crippen LogP contribution in [0, 0.1) is 45.8 Å². The van der Waals surface area contributed by atoms with Gasteiger partial charge in [0.2, 0.25) is 0 Å². The van der Waals surface area contributed by atoms with Gasteiger partial charge in [0.15, 0.2) is 5.78 Å². The standard InChI is InChI=1S/C32H50O7/c1-16(2)17(3)23(35)27-30(6,37)25-22(39-27)15-32(38)19-13-20(33)24-28(4,18(19)9-12-29(25,32)5)14-21(34)26(36)31(24)10-7-8-11-31/h13,16-18,21-27,34-38H,7-12,14-15H2,1-6H3. The third-order valence-electron chi connectivity index (χ3n) is 13.5. The molecule has 5 aliphatic carbocycles. The van der Waals surface area contributed by atoms with Crippen molar-refractivity contribution in [3.63, 3.8) is 0 Å². The third-order valence-corrected chi connectivity index (χ3v) is 13.5. The van der Waals surface area contributed by atoms with E-state index in [4.69, 9.17) is 4.74 Å². The molecule has 0 bridgehead atoms. The largest absolute Gasteiger partial charge is 0.390 e. The van der Waals surface area contributed by atoms with Crippen molar-refractivity contribution in [2.24, 2.45) is 45.8 Å². The van der Waals surface area contributed by atoms with E-state index in [-0.39, 0.29) is 35.9 Å². The molecule has 220 valence electrons. The molecule has 0 aromatic heterocycles. The first-order chi connectivity index (χ1) is 18.1. The SMILES string of the molecule is CC(C)C(C)C(O)C1OC2CC3(O)C4=CC(=O)C5C(C)(CC(O)C(O)C56CCCC6)C4CCC3(C)C2C1(C)O. The number of ether oxygens (including phenoxy) is 1. The van der Waals surface area contributed by atoms with Crippen LogP contribution in [0.15, 0.2) is 11.6 Å². The van der Waals surface area contributed by atoms with Crippen LogP contribution in [0.1, 0.15) is 92.9 Å². The van der Waals surface area contributed by atoms with Gasteiger partial charge < -0.3 is 30.3 Å². The van der Waals surface area contributed by atoms with Gasteiger partial charge in [-0.15, -0.1) is 0 Å². The molecule has 6 rings (SSSR count). The monoisotopic (exact) mass is 546 g/mol. The maximum Gasteiger partial charge on any atom is 0.160 e. The molecule has 1 aliphatic heterocycles. The van der Waals surface area contributed by atoms with E-state index >= 15 is 0 Å². The van der Waals surface area contributed by atoms with Gasteiger partial charge in [-0.3, -0.25) is 4.79 Å². The molecule has 5 fully saturated rings. The first-order valence-electron chi connectivity index (χ1n) is 15.5. The fourth-order valence-electron chi connectivity index (χ4n) is 11.4. The molecule has 13 atom stereocenters. The Balaban J connectivity index is 1.39. The van der Waals surface area contributed by atoms with Gasteiger partial charge in [0, 0.05) is 29.1 Å². The Hall–Kier alpha value is -0.830. The molecule has 0 radical (unpaired) electrons. The Morgan fingerprint density at radius 3 is 2.26 bits per heavy atom. The van der Waals surface area contributed by atoms with Crippen LogP contribution in [0.25, 0.3) is 0 Å². The molecular formula is C32H50O7. The molecule has 13 unspecified atom stereocenters. The van der Waals surface area contributed by atoms with Crippen LogP contribution in [0.5, 0.6) is 0 Å². The van der Waals surface area contributed by atoms with Crippen molar-refractivity contribution < 1.29 is 35.1 Å². The van der Waals surface area contributed by atoms with E-state index in [0.717, 1.165) is 37.7 Å². The summed E-state index contributed by atoms with van der Waals surface area (Å²) < 4.78 is 6.46. The number of ketones is 1. The first kappa shape index (κ1) is 28.3. The van der Waals surface area contributed by atoms with Crippen LogP contribution in [0.2, 0.25) is 0 Å². The Morgan fingerprint density at radius 1 is 1.00 bits per heavy atom. The highest BCUT2D eigenvalue weighted by Crippen LogP contribution is 2.72. The second kappa shape index (κ2) is 8.61. The minimum atomic E-state index is -1.34. The van der Waals surface area contributed by atoms with Crippen LogP contribution < -0.4 is 0 Å². The first-order valence-corrected chi connectivity index (χ1v) is 15.5. The van der Waals surface area contributed by atoms with Crippen LogP contribution in [-0.2, 0) is 9.53 Å². The topological polar surface area (TPSA) is 127 Å². The number of aliphatic hydroxyl groups excluding tert-OH is 3. The summed E-state index contributed by atoms with van der Waals surface area (Å²) in [5.74, 6) is -0.722. The zero-order valence-corrected chi connectivity index (χ0v) is 24.6. The Kier molecular flexibility index (Phi) is 6.24. The summed E-state index contributed by atoms with van der Waals surface area (Å²) in [5, 5.41) is 58.2. The van der Waals surface area contributed by atoms with E-state index in [1.54, 1.807) is 13.0 Å². The molecule has 0 amide bonds. The maximum absolute atomic E-state index is 14.1. The molecule has 0 aromatic carbocycles. The van der Waals surface area contributed by atoms with Gasteiger partial charge in [0.25, 0.3) is 0 Å². The van der Waals surface area contributed by atoms with E-state index in [9.17, 15) is 30.3 Å². The minimum absolute atomic E-state index is 0.0296. The van der Waals surface area contributed by atoms with Gasteiger partial charge in [-0.1, -0.05) is 47.5 Å². The second-order valence-electron chi connectivity index (χ2n) is 15.6. The number of fused-ring (bicyclic) bond motifs is 8. The van der Waals surface area contributed by atoms with Gasteiger partial charge in [0.05, 0.1) is 35.6 Å². The van der Waals surface area contributed by atoms with E-state index in [2.05, 4.69) is 20.8 Å². The van der Waals surface area contributed by atoms with Gasteiger partial charge in [-0.2, -0.15) is 0 Å². The van der Waals surface area contributed by atoms with E-state index in [1.807, 2.05) is 13.8 Å². The lowest BCUT2D eigenvalue weighted by Crippen LogP contribution is -2.67. The summed E-state index contributed by atoms with van der Waals surface area (Å²) in [6.45, 7) is 12.0. The molecule has 6 aliphatic rings. The molecule has 7 heteroatoms. The van der Waals surface area contributed by atoms with Gasteiger partial charge >= 0.3 is 0 Å². The van der Waals surface area contributed by atoms with Gasteiger partial charge in [-0.25, -0.2) is 0 Å². The second-order valence-corrected chi connectivity index (χ2v) is 15.6. The highest BCUT2D eigenvalue weighted by Gasteiger charge is 2.76. The lowest BCUT2D eigenvalue weighted by Gasteiger charge is -2.64. The lowest BCUT2D eigenvalue weighted by atomic mass is 9.41. The van der Waals surface area contributed by atoms with Crippen LogP contribution in [0.4, 0.5) is 0 Å². The van der Waals surface area contributed by atoms with E-state index < -0.39 is 63.9 Å². The number of carbonyl (C=O) groups excluding carboxylic acids is 1. The lowest BCUT2D eigenvalue weighted by molar-refractivity contribution is -0.203. The number of allylic oxidation sites excluding steroid dienone is 1. The highest BCUT2D eigenvalue weighted by molar-refractivity contribution is 5.95. The van der Waals surface area contributed by atoms with Crippen molar-refractivity contribution >= 4 is 5.78 Å². The van der Waals surface area contributed by atoms with E-state index in [0.29, 0.717) is 12.8 Å². The number of rotatable bonds is 3. The maximum atomic E-state index is 14.1. The van der Waals surface area contributed by atoms with Crippen molar-refractivity contribution in [3.05, 3.63) is 11.6 Å². The zero-order valence-electron chi connectivity index (χ0n) is 24.6. The smallest absolute Gasteiger partial charge is 0.160 e. The molecule has 7 nitrogen and oxygen atoms in total. The average Bonchev–Trinajstić information content (AvgIpc) is 3.49. The number of carbonyl (C=O) groups is 1. The summed E-state index contributed by atoms with van der Waals surface area (Å²) in [6.07, 6.45) is 3.28. The van der Waals surface area contributed by atoms with Crippen molar-refractivity contribution in [1.29, 1.82) is 0 Å². The zero-order chi connectivity index (χ0) is 28.5. The summed E-state index contributed by atoms with van der Waals surface area (Å²) in [4.78, 5) is 14.1. The summed E-state index contributed by atoms with van der Waals surface area (Å²) in [7, 11) is 0. The minimum Gasteiger partial charge on any atom is -0.390 e. The predicted octanol–water partition coefficient (Wildman–Crippen LogP) is 3.14. The van der Waals surface area contributed by atoms with Crippen molar-refractivity contribution in [2.75, 3.05) is 0 Å². The predicted molar refractivity (Wildman–Crippen MR) is 145 cm³/mol. The molecule has 1 heterocycles. The van der Waals surface area contributed by atoms with Crippen LogP contribution in [-0.4, -0.2) is 73.0 Å².